The first-order valence-electron chi connectivity index (χ1n) is 9.29. The van der Waals surface area contributed by atoms with E-state index in [1.807, 2.05) is 32.0 Å². The molecular weight excluding hydrogens is 390 g/mol. The minimum atomic E-state index is -0.282. The van der Waals surface area contributed by atoms with E-state index in [-0.39, 0.29) is 30.8 Å². The molecule has 0 fully saturated rings. The lowest BCUT2D eigenvalue weighted by Crippen LogP contribution is -2.35. The number of nitrogens with zero attached hydrogens (tertiary/aromatic N) is 3. The van der Waals surface area contributed by atoms with Crippen LogP contribution in [0.5, 0.6) is 0 Å². The fourth-order valence-corrected chi connectivity index (χ4v) is 3.16. The van der Waals surface area contributed by atoms with Gasteiger partial charge in [-0.2, -0.15) is 5.10 Å². The predicted octanol–water partition coefficient (Wildman–Crippen LogP) is 3.20. The summed E-state index contributed by atoms with van der Waals surface area (Å²) in [6.45, 7) is 4.55. The van der Waals surface area contributed by atoms with Gasteiger partial charge in [-0.15, -0.1) is 0 Å². The molecule has 2 N–H and O–H groups in total. The van der Waals surface area contributed by atoms with Gasteiger partial charge in [0, 0.05) is 19.3 Å². The van der Waals surface area contributed by atoms with Crippen molar-refractivity contribution in [2.24, 2.45) is 0 Å². The van der Waals surface area contributed by atoms with Crippen molar-refractivity contribution in [2.75, 3.05) is 13.1 Å². The Hall–Kier alpha value is -3.19. The van der Waals surface area contributed by atoms with Crippen LogP contribution in [0.1, 0.15) is 46.2 Å². The fourth-order valence-electron chi connectivity index (χ4n) is 2.94. The van der Waals surface area contributed by atoms with E-state index in [2.05, 4.69) is 20.7 Å². The standard InChI is InChI=1S/C21H22ClN5O2/c1-14(2)19-16(13-26-27(19)18-9-5-6-10-23-18)21(29)25-12-11-24-20(28)15-7-3-4-8-17(15)22/h3-10,13-14H,11-12H2,1-2H3,(H,24,28)(H,25,29). The van der Waals surface area contributed by atoms with Crippen LogP contribution in [-0.2, 0) is 0 Å². The van der Waals surface area contributed by atoms with E-state index < -0.39 is 0 Å². The molecule has 0 spiro atoms. The monoisotopic (exact) mass is 411 g/mol. The molecule has 0 atom stereocenters. The van der Waals surface area contributed by atoms with Gasteiger partial charge >= 0.3 is 0 Å². The first-order chi connectivity index (χ1) is 14.0. The number of halogens is 1. The Balaban J connectivity index is 1.62. The van der Waals surface area contributed by atoms with Crippen molar-refractivity contribution in [1.29, 1.82) is 0 Å². The normalized spacial score (nSPS) is 10.8. The molecule has 0 radical (unpaired) electrons. The van der Waals surface area contributed by atoms with Crippen molar-refractivity contribution < 1.29 is 9.59 Å². The number of hydrogen-bond acceptors (Lipinski definition) is 4. The molecule has 0 unspecified atom stereocenters. The topological polar surface area (TPSA) is 88.9 Å². The van der Waals surface area contributed by atoms with E-state index >= 15 is 0 Å². The van der Waals surface area contributed by atoms with Gasteiger partial charge in [-0.25, -0.2) is 9.67 Å². The number of benzene rings is 1. The summed E-state index contributed by atoms with van der Waals surface area (Å²) < 4.78 is 1.68. The van der Waals surface area contributed by atoms with Crippen molar-refractivity contribution in [1.82, 2.24) is 25.4 Å². The second-order valence-electron chi connectivity index (χ2n) is 6.69. The summed E-state index contributed by atoms with van der Waals surface area (Å²) in [6.07, 6.45) is 3.23. The van der Waals surface area contributed by atoms with Crippen LogP contribution in [0.2, 0.25) is 5.02 Å². The lowest BCUT2D eigenvalue weighted by Gasteiger charge is -2.12. The van der Waals surface area contributed by atoms with Crippen LogP contribution in [0.25, 0.3) is 5.82 Å². The smallest absolute Gasteiger partial charge is 0.254 e. The van der Waals surface area contributed by atoms with Gasteiger partial charge in [0.1, 0.15) is 0 Å². The van der Waals surface area contributed by atoms with Crippen molar-refractivity contribution >= 4 is 23.4 Å². The summed E-state index contributed by atoms with van der Waals surface area (Å²) in [5, 5.41) is 10.3. The average Bonchev–Trinajstić information content (AvgIpc) is 3.17. The first-order valence-corrected chi connectivity index (χ1v) is 9.67. The number of hydrogen-bond donors (Lipinski definition) is 2. The van der Waals surface area contributed by atoms with E-state index in [1.165, 1.54) is 0 Å². The van der Waals surface area contributed by atoms with Crippen LogP contribution in [0.3, 0.4) is 0 Å². The highest BCUT2D eigenvalue weighted by Crippen LogP contribution is 2.22. The molecule has 1 aromatic carbocycles. The molecule has 0 saturated heterocycles. The third-order valence-electron chi connectivity index (χ3n) is 4.28. The first kappa shape index (κ1) is 20.5. The van der Waals surface area contributed by atoms with E-state index in [1.54, 1.807) is 41.3 Å². The molecule has 7 nitrogen and oxygen atoms in total. The molecule has 2 aromatic heterocycles. The fraction of sp³-hybridized carbons (Fsp3) is 0.238. The van der Waals surface area contributed by atoms with Gasteiger partial charge in [0.25, 0.3) is 11.8 Å². The van der Waals surface area contributed by atoms with Crippen LogP contribution >= 0.6 is 11.6 Å². The van der Waals surface area contributed by atoms with Crippen LogP contribution in [-0.4, -0.2) is 39.7 Å². The lowest BCUT2D eigenvalue weighted by molar-refractivity contribution is 0.0927. The summed E-state index contributed by atoms with van der Waals surface area (Å²) in [4.78, 5) is 29.1. The number of carbonyl (C=O) groups excluding carboxylic acids is 2. The second-order valence-corrected chi connectivity index (χ2v) is 7.10. The van der Waals surface area contributed by atoms with E-state index in [0.717, 1.165) is 5.69 Å². The summed E-state index contributed by atoms with van der Waals surface area (Å²) in [5.74, 6) is 0.195. The van der Waals surface area contributed by atoms with Crippen molar-refractivity contribution in [2.45, 2.75) is 19.8 Å². The number of nitrogens with one attached hydrogen (secondary N) is 2. The van der Waals surface area contributed by atoms with Crippen molar-refractivity contribution in [3.63, 3.8) is 0 Å². The number of aromatic nitrogens is 3. The largest absolute Gasteiger partial charge is 0.350 e. The number of rotatable bonds is 7. The quantitative estimate of drug-likeness (QED) is 0.584. The summed E-state index contributed by atoms with van der Waals surface area (Å²) >= 11 is 6.02. The lowest BCUT2D eigenvalue weighted by atomic mass is 10.1. The molecule has 0 saturated carbocycles. The maximum Gasteiger partial charge on any atom is 0.254 e. The molecule has 2 heterocycles. The number of carbonyl (C=O) groups is 2. The SMILES string of the molecule is CC(C)c1c(C(=O)NCCNC(=O)c2ccccc2Cl)cnn1-c1ccccn1. The van der Waals surface area contributed by atoms with Gasteiger partial charge in [-0.05, 0) is 30.2 Å². The Labute approximate surface area is 174 Å². The van der Waals surface area contributed by atoms with Gasteiger partial charge in [-0.3, -0.25) is 9.59 Å². The Kier molecular flexibility index (Phi) is 6.61. The summed E-state index contributed by atoms with van der Waals surface area (Å²) in [7, 11) is 0. The van der Waals surface area contributed by atoms with Gasteiger partial charge in [0.15, 0.2) is 5.82 Å². The molecule has 8 heteroatoms. The van der Waals surface area contributed by atoms with Gasteiger partial charge in [-0.1, -0.05) is 43.6 Å². The molecule has 0 aliphatic rings. The zero-order chi connectivity index (χ0) is 20.8. The zero-order valence-electron chi connectivity index (χ0n) is 16.2. The predicted molar refractivity (Wildman–Crippen MR) is 112 cm³/mol. The highest BCUT2D eigenvalue weighted by atomic mass is 35.5. The van der Waals surface area contributed by atoms with Gasteiger partial charge < -0.3 is 10.6 Å². The van der Waals surface area contributed by atoms with Gasteiger partial charge in [0.2, 0.25) is 0 Å². The molecule has 3 rings (SSSR count). The molecule has 150 valence electrons. The number of pyridine rings is 1. The van der Waals surface area contributed by atoms with Crippen LogP contribution < -0.4 is 10.6 Å². The summed E-state index contributed by atoms with van der Waals surface area (Å²) in [5.41, 5.74) is 1.67. The molecule has 29 heavy (non-hydrogen) atoms. The maximum atomic E-state index is 12.7. The molecule has 0 bridgehead atoms. The highest BCUT2D eigenvalue weighted by molar-refractivity contribution is 6.33. The van der Waals surface area contributed by atoms with Gasteiger partial charge in [0.05, 0.1) is 28.0 Å². The Bertz CT molecular complexity index is 1000. The van der Waals surface area contributed by atoms with Crippen LogP contribution in [0.4, 0.5) is 0 Å². The van der Waals surface area contributed by atoms with Crippen molar-refractivity contribution in [3.8, 4) is 5.82 Å². The molecule has 2 amide bonds. The average molecular weight is 412 g/mol. The molecule has 0 aliphatic heterocycles. The maximum absolute atomic E-state index is 12.7. The Morgan fingerprint density at radius 1 is 1.00 bits per heavy atom. The highest BCUT2D eigenvalue weighted by Gasteiger charge is 2.21. The van der Waals surface area contributed by atoms with E-state index in [9.17, 15) is 9.59 Å². The minimum Gasteiger partial charge on any atom is -0.350 e. The third kappa shape index (κ3) is 4.81. The molecule has 0 aliphatic carbocycles. The van der Waals surface area contributed by atoms with Crippen LogP contribution in [0, 0.1) is 0 Å². The summed E-state index contributed by atoms with van der Waals surface area (Å²) in [6, 6.07) is 12.3. The third-order valence-corrected chi connectivity index (χ3v) is 4.61. The second kappa shape index (κ2) is 9.34. The molecular formula is C21H22ClN5O2. The van der Waals surface area contributed by atoms with Crippen molar-refractivity contribution in [3.05, 3.63) is 76.7 Å². The zero-order valence-corrected chi connectivity index (χ0v) is 17.0. The van der Waals surface area contributed by atoms with E-state index in [4.69, 9.17) is 11.6 Å². The number of amides is 2. The van der Waals surface area contributed by atoms with Crippen LogP contribution in [0.15, 0.2) is 54.9 Å². The molecule has 3 aromatic rings. The minimum absolute atomic E-state index is 0.0696. The Morgan fingerprint density at radius 2 is 1.66 bits per heavy atom. The Morgan fingerprint density at radius 3 is 2.28 bits per heavy atom. The van der Waals surface area contributed by atoms with E-state index in [0.29, 0.717) is 22.0 Å².